The molecule has 6 heteroatoms. The van der Waals surface area contributed by atoms with E-state index in [2.05, 4.69) is 45.0 Å². The van der Waals surface area contributed by atoms with Crippen molar-refractivity contribution in [2.24, 2.45) is 0 Å². The smallest absolute Gasteiger partial charge is 0.237 e. The molecule has 0 saturated carbocycles. The monoisotopic (exact) mass is 362 g/mol. The summed E-state index contributed by atoms with van der Waals surface area (Å²) >= 11 is 0. The second-order valence-corrected chi connectivity index (χ2v) is 6.65. The highest BCUT2D eigenvalue weighted by Gasteiger charge is 2.21. The normalized spacial score (nSPS) is 16.4. The van der Waals surface area contributed by atoms with Crippen LogP contribution < -0.4 is 10.6 Å². The maximum atomic E-state index is 12.0. The maximum Gasteiger partial charge on any atom is 0.237 e. The third-order valence-electron chi connectivity index (χ3n) is 4.73. The lowest BCUT2D eigenvalue weighted by molar-refractivity contribution is -0.122. The Balaban J connectivity index is 1.34. The van der Waals surface area contributed by atoms with E-state index in [0.717, 1.165) is 30.5 Å². The molecule has 4 rings (SSSR count). The van der Waals surface area contributed by atoms with Crippen molar-refractivity contribution in [3.63, 3.8) is 0 Å². The first-order valence-corrected chi connectivity index (χ1v) is 9.29. The van der Waals surface area contributed by atoms with Crippen LogP contribution >= 0.6 is 0 Å². The first-order valence-electron chi connectivity index (χ1n) is 9.29. The van der Waals surface area contributed by atoms with Crippen LogP contribution in [0.2, 0.25) is 0 Å². The van der Waals surface area contributed by atoms with Gasteiger partial charge in [0, 0.05) is 18.5 Å². The lowest BCUT2D eigenvalue weighted by Gasteiger charge is -2.09. The molecule has 0 bridgehead atoms. The fourth-order valence-electron chi connectivity index (χ4n) is 3.24. The summed E-state index contributed by atoms with van der Waals surface area (Å²) in [7, 11) is 0. The van der Waals surface area contributed by atoms with Gasteiger partial charge in [0.25, 0.3) is 0 Å². The third-order valence-corrected chi connectivity index (χ3v) is 4.73. The zero-order valence-electron chi connectivity index (χ0n) is 15.0. The number of benzene rings is 2. The highest BCUT2D eigenvalue weighted by Crippen LogP contribution is 2.23. The van der Waals surface area contributed by atoms with Crippen molar-refractivity contribution < 1.29 is 9.32 Å². The van der Waals surface area contributed by atoms with E-state index in [1.165, 1.54) is 5.56 Å². The van der Waals surface area contributed by atoms with Crippen LogP contribution in [0.15, 0.2) is 59.1 Å². The number of carbonyl (C=O) groups excluding carboxylic acids is 1. The van der Waals surface area contributed by atoms with E-state index in [-0.39, 0.29) is 11.9 Å². The molecular formula is C21H22N4O2. The van der Waals surface area contributed by atoms with E-state index in [9.17, 15) is 4.79 Å². The van der Waals surface area contributed by atoms with Crippen molar-refractivity contribution >= 4 is 5.91 Å². The van der Waals surface area contributed by atoms with E-state index in [1.54, 1.807) is 0 Å². The standard InChI is InChI=1S/C21H22N4O2/c26-21(18-7-4-13-22-18)23-14-12-19-24-20(25-27-19)17-10-8-16(9-11-17)15-5-2-1-3-6-15/h1-3,5-6,8-11,18,22H,4,7,12-14H2,(H,23,26). The Morgan fingerprint density at radius 3 is 2.56 bits per heavy atom. The summed E-state index contributed by atoms with van der Waals surface area (Å²) in [5.74, 6) is 1.13. The van der Waals surface area contributed by atoms with E-state index in [0.29, 0.717) is 24.7 Å². The molecule has 2 N–H and O–H groups in total. The molecule has 1 aromatic heterocycles. The minimum absolute atomic E-state index is 0.0451. The molecule has 1 unspecified atom stereocenters. The molecule has 0 spiro atoms. The molecule has 2 aromatic carbocycles. The Hall–Kier alpha value is -2.99. The second kappa shape index (κ2) is 8.14. The van der Waals surface area contributed by atoms with E-state index in [4.69, 9.17) is 4.52 Å². The number of nitrogens with zero attached hydrogens (tertiary/aromatic N) is 2. The Morgan fingerprint density at radius 2 is 1.81 bits per heavy atom. The molecule has 1 saturated heterocycles. The van der Waals surface area contributed by atoms with Gasteiger partial charge in [-0.15, -0.1) is 0 Å². The maximum absolute atomic E-state index is 12.0. The minimum Gasteiger partial charge on any atom is -0.354 e. The van der Waals surface area contributed by atoms with Gasteiger partial charge in [0.05, 0.1) is 6.04 Å². The Labute approximate surface area is 158 Å². The number of amides is 1. The van der Waals surface area contributed by atoms with Gasteiger partial charge in [0.15, 0.2) is 0 Å². The van der Waals surface area contributed by atoms with Gasteiger partial charge in [-0.25, -0.2) is 0 Å². The van der Waals surface area contributed by atoms with Crippen LogP contribution in [-0.2, 0) is 11.2 Å². The summed E-state index contributed by atoms with van der Waals surface area (Å²) in [6.45, 7) is 1.40. The SMILES string of the molecule is O=C(NCCc1nc(-c2ccc(-c3ccccc3)cc2)no1)C1CCCN1. The molecule has 6 nitrogen and oxygen atoms in total. The summed E-state index contributed by atoms with van der Waals surface area (Å²) in [6.07, 6.45) is 2.47. The average Bonchev–Trinajstić information content (AvgIpc) is 3.41. The van der Waals surface area contributed by atoms with Crippen molar-refractivity contribution in [2.75, 3.05) is 13.1 Å². The first-order chi connectivity index (χ1) is 13.3. The number of nitrogens with one attached hydrogen (secondary N) is 2. The van der Waals surface area contributed by atoms with Crippen molar-refractivity contribution in [1.29, 1.82) is 0 Å². The van der Waals surface area contributed by atoms with Crippen LogP contribution in [-0.4, -0.2) is 35.2 Å². The lowest BCUT2D eigenvalue weighted by Crippen LogP contribution is -2.41. The van der Waals surface area contributed by atoms with Gasteiger partial charge in [-0.2, -0.15) is 4.98 Å². The third kappa shape index (κ3) is 4.23. The second-order valence-electron chi connectivity index (χ2n) is 6.65. The predicted octanol–water partition coefficient (Wildman–Crippen LogP) is 2.81. The molecule has 1 aliphatic rings. The highest BCUT2D eigenvalue weighted by molar-refractivity contribution is 5.81. The minimum atomic E-state index is -0.0635. The van der Waals surface area contributed by atoms with Gasteiger partial charge < -0.3 is 15.2 Å². The number of aromatic nitrogens is 2. The fourth-order valence-corrected chi connectivity index (χ4v) is 3.24. The fraction of sp³-hybridized carbons (Fsp3) is 0.286. The zero-order chi connectivity index (χ0) is 18.5. The van der Waals surface area contributed by atoms with E-state index < -0.39 is 0 Å². The van der Waals surface area contributed by atoms with Gasteiger partial charge in [-0.3, -0.25) is 4.79 Å². The Morgan fingerprint density at radius 1 is 1.07 bits per heavy atom. The summed E-state index contributed by atoms with van der Waals surface area (Å²) < 4.78 is 5.31. The van der Waals surface area contributed by atoms with Gasteiger partial charge >= 0.3 is 0 Å². The largest absolute Gasteiger partial charge is 0.354 e. The number of rotatable bonds is 6. The quantitative estimate of drug-likeness (QED) is 0.705. The van der Waals surface area contributed by atoms with Gasteiger partial charge in [0.2, 0.25) is 17.6 Å². The highest BCUT2D eigenvalue weighted by atomic mass is 16.5. The summed E-state index contributed by atoms with van der Waals surface area (Å²) in [4.78, 5) is 16.4. The summed E-state index contributed by atoms with van der Waals surface area (Å²) in [6, 6.07) is 18.2. The summed E-state index contributed by atoms with van der Waals surface area (Å²) in [5.41, 5.74) is 3.22. The molecule has 1 aliphatic heterocycles. The van der Waals surface area contributed by atoms with Gasteiger partial charge in [0.1, 0.15) is 0 Å². The molecule has 138 valence electrons. The number of hydrogen-bond acceptors (Lipinski definition) is 5. The molecule has 1 fully saturated rings. The van der Waals surface area contributed by atoms with Crippen LogP contribution in [0.5, 0.6) is 0 Å². The number of carbonyl (C=O) groups is 1. The van der Waals surface area contributed by atoms with Gasteiger partial charge in [-0.1, -0.05) is 59.8 Å². The van der Waals surface area contributed by atoms with Crippen LogP contribution in [0.25, 0.3) is 22.5 Å². The molecular weight excluding hydrogens is 340 g/mol. The molecule has 3 aromatic rings. The molecule has 27 heavy (non-hydrogen) atoms. The zero-order valence-corrected chi connectivity index (χ0v) is 15.0. The first kappa shape index (κ1) is 17.4. The topological polar surface area (TPSA) is 80.1 Å². The average molecular weight is 362 g/mol. The van der Waals surface area contributed by atoms with Crippen molar-refractivity contribution in [2.45, 2.75) is 25.3 Å². The Bertz CT molecular complexity index is 884. The van der Waals surface area contributed by atoms with E-state index >= 15 is 0 Å². The Kier molecular flexibility index (Phi) is 5.25. The van der Waals surface area contributed by atoms with Crippen LogP contribution in [0, 0.1) is 0 Å². The van der Waals surface area contributed by atoms with E-state index in [1.807, 2.05) is 30.3 Å². The molecule has 0 radical (unpaired) electrons. The van der Waals surface area contributed by atoms with Crippen molar-refractivity contribution in [3.05, 3.63) is 60.5 Å². The van der Waals surface area contributed by atoms with Crippen molar-refractivity contribution in [3.8, 4) is 22.5 Å². The van der Waals surface area contributed by atoms with Crippen LogP contribution in [0.4, 0.5) is 0 Å². The molecule has 2 heterocycles. The van der Waals surface area contributed by atoms with Gasteiger partial charge in [-0.05, 0) is 30.5 Å². The van der Waals surface area contributed by atoms with Crippen LogP contribution in [0.3, 0.4) is 0 Å². The molecule has 0 aliphatic carbocycles. The van der Waals surface area contributed by atoms with Crippen molar-refractivity contribution in [1.82, 2.24) is 20.8 Å². The lowest BCUT2D eigenvalue weighted by atomic mass is 10.0. The number of hydrogen-bond donors (Lipinski definition) is 2. The molecule has 1 amide bonds. The molecule has 1 atom stereocenters. The predicted molar refractivity (Wildman–Crippen MR) is 103 cm³/mol. The van der Waals surface area contributed by atoms with Crippen LogP contribution in [0.1, 0.15) is 18.7 Å². The summed E-state index contributed by atoms with van der Waals surface area (Å²) in [5, 5.41) is 10.2.